The third kappa shape index (κ3) is 7.30. The predicted octanol–water partition coefficient (Wildman–Crippen LogP) is 5.72. The molecule has 1 heterocycles. The smallest absolute Gasteiger partial charge is 0.251 e. The van der Waals surface area contributed by atoms with Gasteiger partial charge in [-0.1, -0.05) is 80.9 Å². The second kappa shape index (κ2) is 15.1. The Hall–Kier alpha value is -3.51. The lowest BCUT2D eigenvalue weighted by molar-refractivity contribution is -0.183. The van der Waals surface area contributed by atoms with E-state index in [9.17, 15) is 19.8 Å². The molecule has 5 aliphatic rings. The summed E-state index contributed by atoms with van der Waals surface area (Å²) in [5.74, 6) is 1.57. The highest BCUT2D eigenvalue weighted by atomic mass is 35.5. The largest absolute Gasteiger partial charge is 0.496 e. The maximum atomic E-state index is 14.5. The van der Waals surface area contributed by atoms with Crippen LogP contribution < -0.4 is 15.4 Å². The zero-order valence-corrected chi connectivity index (χ0v) is 33.9. The van der Waals surface area contributed by atoms with Crippen molar-refractivity contribution < 1.29 is 29.4 Å². The highest BCUT2D eigenvalue weighted by Gasteiger charge is 2.78. The Morgan fingerprint density at radius 2 is 1.80 bits per heavy atom. The van der Waals surface area contributed by atoms with Crippen molar-refractivity contribution in [1.82, 2.24) is 20.6 Å². The molecule has 55 heavy (non-hydrogen) atoms. The number of halogens is 1. The summed E-state index contributed by atoms with van der Waals surface area (Å²) in [4.78, 5) is 36.7. The van der Waals surface area contributed by atoms with Crippen molar-refractivity contribution in [2.45, 2.75) is 89.8 Å². The highest BCUT2D eigenvalue weighted by Crippen LogP contribution is 2.66. The van der Waals surface area contributed by atoms with E-state index in [-0.39, 0.29) is 42.5 Å². The van der Waals surface area contributed by atoms with Crippen LogP contribution in [0.5, 0.6) is 5.75 Å². The number of ether oxygens (including phenoxy) is 1. The van der Waals surface area contributed by atoms with Crippen LogP contribution in [0.2, 0.25) is 5.02 Å². The summed E-state index contributed by atoms with van der Waals surface area (Å²) >= 11 is 6.69. The quantitative estimate of drug-likeness (QED) is 0.174. The van der Waals surface area contributed by atoms with E-state index in [1.54, 1.807) is 31.2 Å². The monoisotopic (exact) mass is 772 g/mol. The number of hydrogen-bond acceptors (Lipinski definition) is 8. The Morgan fingerprint density at radius 1 is 1.07 bits per heavy atom. The number of hydrogen-bond donors (Lipinski definition) is 4. The molecular formula is C44H57ClN4O6. The number of carbonyl (C=O) groups excluding carboxylic acids is 2. The number of methoxy groups -OCH3 is 1. The number of fused-ring (bicyclic) bond motifs is 2. The van der Waals surface area contributed by atoms with Crippen LogP contribution in [0.15, 0.2) is 66.7 Å². The number of amides is 2. The first-order chi connectivity index (χ1) is 26.1. The molecule has 11 heteroatoms. The van der Waals surface area contributed by atoms with Gasteiger partial charge in [0, 0.05) is 40.3 Å². The van der Waals surface area contributed by atoms with Gasteiger partial charge in [-0.15, -0.1) is 0 Å². The fourth-order valence-corrected chi connectivity index (χ4v) is 10.6. The van der Waals surface area contributed by atoms with Crippen LogP contribution in [-0.4, -0.2) is 96.2 Å². The van der Waals surface area contributed by atoms with Crippen LogP contribution in [-0.2, 0) is 22.6 Å². The number of rotatable bonds is 13. The number of benzene rings is 3. The molecule has 1 saturated heterocycles. The second-order valence-corrected chi connectivity index (χ2v) is 18.1. The van der Waals surface area contributed by atoms with Gasteiger partial charge in [-0.05, 0) is 99.2 Å². The van der Waals surface area contributed by atoms with E-state index in [1.807, 2.05) is 56.6 Å². The lowest BCUT2D eigenvalue weighted by Gasteiger charge is -2.62. The first-order valence-electron chi connectivity index (χ1n) is 19.6. The normalized spacial score (nSPS) is 31.2. The minimum atomic E-state index is -1.18. The number of aliphatic hydroxyl groups excluding tert-OH is 1. The molecule has 1 aliphatic heterocycles. The summed E-state index contributed by atoms with van der Waals surface area (Å²) in [5, 5.41) is 30.6. The molecule has 1 spiro atoms. The number of carbonyl (C=O) groups is 2. The maximum Gasteiger partial charge on any atom is 0.251 e. The molecule has 296 valence electrons. The molecule has 0 radical (unpaired) electrons. The van der Waals surface area contributed by atoms with Crippen molar-refractivity contribution in [3.8, 4) is 16.9 Å². The van der Waals surface area contributed by atoms with E-state index >= 15 is 0 Å². The summed E-state index contributed by atoms with van der Waals surface area (Å²) in [6, 6.07) is 20.2. The van der Waals surface area contributed by atoms with E-state index in [0.29, 0.717) is 59.0 Å². The van der Waals surface area contributed by atoms with Crippen molar-refractivity contribution in [3.05, 3.63) is 88.4 Å². The summed E-state index contributed by atoms with van der Waals surface area (Å²) in [6.45, 7) is 9.12. The van der Waals surface area contributed by atoms with Gasteiger partial charge in [0.05, 0.1) is 31.3 Å². The Morgan fingerprint density at radius 3 is 2.42 bits per heavy atom. The fourth-order valence-electron chi connectivity index (χ4n) is 10.4. The molecule has 10 nitrogen and oxygen atoms in total. The van der Waals surface area contributed by atoms with Crippen molar-refractivity contribution in [2.24, 2.45) is 28.6 Å². The number of nitrogens with zero attached hydrogens (tertiary/aromatic N) is 2. The standard InChI is InChI=1S/C44H57ClN4O6/c1-26-35-20-31(42(35,2)3)21-36(26)47-41(52)39-44(25-43(44,4)53)37(24-50)55-49(39)22-28-14-11-15-34(38(28)54-7)29-17-30(19-32(45)18-29)40(51)46-33(23-48(5)6)16-27-12-9-8-10-13-27/h8-15,17-19,26,31,33,35-37,39,50,53H,16,20-25H2,1-7H3,(H,46,51)(H,47,52)/t26-,31+,33-,35-,36-,37-,39+,43?,44+/m0/s1. The van der Waals surface area contributed by atoms with Crippen molar-refractivity contribution in [3.63, 3.8) is 0 Å². The van der Waals surface area contributed by atoms with E-state index in [1.165, 1.54) is 6.42 Å². The molecule has 9 atom stereocenters. The van der Waals surface area contributed by atoms with Gasteiger partial charge in [-0.2, -0.15) is 5.06 Å². The molecule has 3 aromatic carbocycles. The fraction of sp³-hybridized carbons (Fsp3) is 0.545. The molecule has 1 unspecified atom stereocenters. The average Bonchev–Trinajstić information content (AvgIpc) is 3.56. The number of hydroxylamine groups is 2. The Balaban J connectivity index is 1.15. The lowest BCUT2D eigenvalue weighted by atomic mass is 9.45. The van der Waals surface area contributed by atoms with E-state index in [2.05, 4.69) is 48.4 Å². The minimum Gasteiger partial charge on any atom is -0.496 e. The maximum absolute atomic E-state index is 14.5. The summed E-state index contributed by atoms with van der Waals surface area (Å²) in [7, 11) is 5.56. The van der Waals surface area contributed by atoms with Crippen LogP contribution >= 0.6 is 11.6 Å². The van der Waals surface area contributed by atoms with Gasteiger partial charge < -0.3 is 30.5 Å². The summed E-state index contributed by atoms with van der Waals surface area (Å²) < 4.78 is 6.05. The van der Waals surface area contributed by atoms with Gasteiger partial charge >= 0.3 is 0 Å². The zero-order valence-electron chi connectivity index (χ0n) is 33.1. The summed E-state index contributed by atoms with van der Waals surface area (Å²) in [6.07, 6.45) is 2.39. The molecule has 2 amide bonds. The van der Waals surface area contributed by atoms with Gasteiger partial charge in [-0.25, -0.2) is 0 Å². The SMILES string of the molecule is COc1c(CN2O[C@@H](CO)[C@]3(CC3(C)O)[C@H]2C(=O)N[C@H]2C[C@H]3C[C@@H]([C@@H]2C)C3(C)C)cccc1-c1cc(Cl)cc(C(=O)N[C@@H](Cc2ccccc2)CN(C)C)c1. The number of nitrogens with one attached hydrogen (secondary N) is 2. The number of likely N-dealkylation sites (N-methyl/N-ethyl adjacent to an activating group) is 1. The van der Waals surface area contributed by atoms with Crippen LogP contribution in [0.25, 0.3) is 11.1 Å². The molecule has 8 rings (SSSR count). The van der Waals surface area contributed by atoms with Crippen LogP contribution in [0, 0.1) is 28.6 Å². The molecule has 2 bridgehead atoms. The highest BCUT2D eigenvalue weighted by molar-refractivity contribution is 6.31. The van der Waals surface area contributed by atoms with Gasteiger partial charge in [0.15, 0.2) is 0 Å². The predicted molar refractivity (Wildman–Crippen MR) is 213 cm³/mol. The molecule has 4 saturated carbocycles. The molecular weight excluding hydrogens is 716 g/mol. The first kappa shape index (κ1) is 39.7. The van der Waals surface area contributed by atoms with Crippen molar-refractivity contribution in [2.75, 3.05) is 34.4 Å². The average molecular weight is 773 g/mol. The zero-order chi connectivity index (χ0) is 39.4. The Kier molecular flexibility index (Phi) is 10.9. The number of aliphatic hydroxyl groups is 2. The van der Waals surface area contributed by atoms with Gasteiger partial charge in [-0.3, -0.25) is 14.4 Å². The molecule has 5 fully saturated rings. The van der Waals surface area contributed by atoms with E-state index < -0.39 is 23.2 Å². The lowest BCUT2D eigenvalue weighted by Crippen LogP contribution is -2.62. The van der Waals surface area contributed by atoms with Crippen LogP contribution in [0.4, 0.5) is 0 Å². The third-order valence-electron chi connectivity index (χ3n) is 13.6. The van der Waals surface area contributed by atoms with Crippen LogP contribution in [0.1, 0.15) is 68.4 Å². The molecule has 0 aromatic heterocycles. The molecule has 4 N–H and O–H groups in total. The van der Waals surface area contributed by atoms with Crippen molar-refractivity contribution >= 4 is 23.4 Å². The summed E-state index contributed by atoms with van der Waals surface area (Å²) in [5.41, 5.74) is 1.84. The van der Waals surface area contributed by atoms with Crippen LogP contribution in [0.3, 0.4) is 0 Å². The molecule has 3 aromatic rings. The van der Waals surface area contributed by atoms with Crippen molar-refractivity contribution in [1.29, 1.82) is 0 Å². The van der Waals surface area contributed by atoms with E-state index in [4.69, 9.17) is 21.2 Å². The Labute approximate surface area is 330 Å². The topological polar surface area (TPSA) is 124 Å². The van der Waals surface area contributed by atoms with Gasteiger partial charge in [0.25, 0.3) is 5.91 Å². The minimum absolute atomic E-state index is 0.0311. The third-order valence-corrected chi connectivity index (χ3v) is 13.8. The Bertz CT molecular complexity index is 1900. The van der Waals surface area contributed by atoms with Gasteiger partial charge in [0.1, 0.15) is 17.9 Å². The van der Waals surface area contributed by atoms with E-state index in [0.717, 1.165) is 23.1 Å². The second-order valence-electron chi connectivity index (χ2n) is 17.7. The molecule has 4 aliphatic carbocycles. The number of para-hydroxylation sites is 1. The van der Waals surface area contributed by atoms with Gasteiger partial charge in [0.2, 0.25) is 5.91 Å². The first-order valence-corrected chi connectivity index (χ1v) is 20.0.